The molecule has 3 heteroatoms. The Bertz CT molecular complexity index is 707. The van der Waals surface area contributed by atoms with E-state index >= 15 is 0 Å². The molecule has 2 aromatic rings. The van der Waals surface area contributed by atoms with E-state index in [-0.39, 0.29) is 23.0 Å². The fraction of sp³-hybridized carbons (Fsp3) is 0.350. The van der Waals surface area contributed by atoms with Gasteiger partial charge in [-0.1, -0.05) is 50.2 Å². The molecule has 2 N–H and O–H groups in total. The summed E-state index contributed by atoms with van der Waals surface area (Å²) in [5.74, 6) is -0.102. The SMILES string of the molecule is CC1(C)CCCNC1c1ccc(O)c(C(=O)c2ccccc2)c1. The lowest BCUT2D eigenvalue weighted by atomic mass is 9.74. The van der Waals surface area contributed by atoms with Crippen LogP contribution in [0.5, 0.6) is 5.75 Å². The van der Waals surface area contributed by atoms with E-state index in [4.69, 9.17) is 0 Å². The summed E-state index contributed by atoms with van der Waals surface area (Å²) in [6.45, 7) is 5.47. The lowest BCUT2D eigenvalue weighted by Gasteiger charge is -2.40. The van der Waals surface area contributed by atoms with Gasteiger partial charge >= 0.3 is 0 Å². The third-order valence-electron chi connectivity index (χ3n) is 4.76. The summed E-state index contributed by atoms with van der Waals surface area (Å²) in [6, 6.07) is 14.7. The highest BCUT2D eigenvalue weighted by Crippen LogP contribution is 2.41. The summed E-state index contributed by atoms with van der Waals surface area (Å²) in [7, 11) is 0. The molecule has 0 bridgehead atoms. The average Bonchev–Trinajstić information content (AvgIpc) is 2.55. The van der Waals surface area contributed by atoms with Gasteiger partial charge in [-0.25, -0.2) is 0 Å². The van der Waals surface area contributed by atoms with Crippen LogP contribution in [0.25, 0.3) is 0 Å². The Kier molecular flexibility index (Phi) is 4.22. The topological polar surface area (TPSA) is 49.3 Å². The van der Waals surface area contributed by atoms with Crippen molar-refractivity contribution in [2.45, 2.75) is 32.7 Å². The lowest BCUT2D eigenvalue weighted by Crippen LogP contribution is -2.39. The Labute approximate surface area is 137 Å². The normalized spacial score (nSPS) is 20.2. The standard InChI is InChI=1S/C20H23NO2/c1-20(2)11-6-12-21-19(20)15-9-10-17(22)16(13-15)18(23)14-7-4-3-5-8-14/h3-5,7-10,13,19,21-22H,6,11-12H2,1-2H3. The largest absolute Gasteiger partial charge is 0.507 e. The van der Waals surface area contributed by atoms with Gasteiger partial charge in [-0.05, 0) is 42.5 Å². The van der Waals surface area contributed by atoms with Crippen molar-refractivity contribution in [3.63, 3.8) is 0 Å². The molecule has 23 heavy (non-hydrogen) atoms. The second-order valence-electron chi connectivity index (χ2n) is 6.95. The van der Waals surface area contributed by atoms with E-state index in [9.17, 15) is 9.90 Å². The van der Waals surface area contributed by atoms with Gasteiger partial charge in [-0.15, -0.1) is 0 Å². The number of ketones is 1. The zero-order chi connectivity index (χ0) is 16.4. The quantitative estimate of drug-likeness (QED) is 0.840. The third-order valence-corrected chi connectivity index (χ3v) is 4.76. The minimum Gasteiger partial charge on any atom is -0.507 e. The van der Waals surface area contributed by atoms with E-state index in [1.54, 1.807) is 18.2 Å². The fourth-order valence-electron chi connectivity index (χ4n) is 3.44. The van der Waals surface area contributed by atoms with Gasteiger partial charge in [0.15, 0.2) is 5.78 Å². The summed E-state index contributed by atoms with van der Waals surface area (Å²) in [4.78, 5) is 12.7. The molecule has 3 nitrogen and oxygen atoms in total. The first-order valence-electron chi connectivity index (χ1n) is 8.15. The molecule has 0 saturated carbocycles. The number of aromatic hydroxyl groups is 1. The van der Waals surface area contributed by atoms with E-state index < -0.39 is 0 Å². The van der Waals surface area contributed by atoms with Gasteiger partial charge in [0.25, 0.3) is 0 Å². The highest BCUT2D eigenvalue weighted by atomic mass is 16.3. The van der Waals surface area contributed by atoms with Crippen LogP contribution in [-0.2, 0) is 0 Å². The number of carbonyl (C=O) groups is 1. The highest BCUT2D eigenvalue weighted by molar-refractivity contribution is 6.10. The van der Waals surface area contributed by atoms with Crippen LogP contribution in [0, 0.1) is 5.41 Å². The van der Waals surface area contributed by atoms with Crippen molar-refractivity contribution in [1.29, 1.82) is 0 Å². The second kappa shape index (κ2) is 6.17. The van der Waals surface area contributed by atoms with Crippen LogP contribution in [-0.4, -0.2) is 17.4 Å². The van der Waals surface area contributed by atoms with Crippen LogP contribution in [0.1, 0.15) is 54.2 Å². The number of piperidine rings is 1. The zero-order valence-corrected chi connectivity index (χ0v) is 13.7. The molecule has 0 amide bonds. The van der Waals surface area contributed by atoms with E-state index in [2.05, 4.69) is 19.2 Å². The predicted molar refractivity (Wildman–Crippen MR) is 91.7 cm³/mol. The summed E-state index contributed by atoms with van der Waals surface area (Å²) in [5, 5.41) is 13.7. The molecule has 1 atom stereocenters. The van der Waals surface area contributed by atoms with Crippen molar-refractivity contribution in [3.05, 3.63) is 65.2 Å². The molecule has 1 aliphatic rings. The van der Waals surface area contributed by atoms with Crippen LogP contribution in [0.2, 0.25) is 0 Å². The Morgan fingerprint density at radius 2 is 1.91 bits per heavy atom. The molecule has 1 unspecified atom stereocenters. The molecule has 0 aliphatic carbocycles. The summed E-state index contributed by atoms with van der Waals surface area (Å²) in [6.07, 6.45) is 2.31. The zero-order valence-electron chi connectivity index (χ0n) is 13.7. The number of hydrogen-bond donors (Lipinski definition) is 2. The monoisotopic (exact) mass is 309 g/mol. The predicted octanol–water partition coefficient (Wildman–Crippen LogP) is 4.07. The maximum absolute atomic E-state index is 12.7. The average molecular weight is 309 g/mol. The second-order valence-corrected chi connectivity index (χ2v) is 6.95. The first-order valence-corrected chi connectivity index (χ1v) is 8.15. The minimum absolute atomic E-state index is 0.0382. The minimum atomic E-state index is -0.140. The molecule has 0 spiro atoms. The van der Waals surface area contributed by atoms with Gasteiger partial charge in [0.1, 0.15) is 5.75 Å². The van der Waals surface area contributed by atoms with Crippen LogP contribution in [0.3, 0.4) is 0 Å². The van der Waals surface area contributed by atoms with Gasteiger partial charge in [-0.3, -0.25) is 4.79 Å². The summed E-state index contributed by atoms with van der Waals surface area (Å²) in [5.41, 5.74) is 2.15. The number of rotatable bonds is 3. The number of phenolic OH excluding ortho intramolecular Hbond substituents is 1. The molecule has 120 valence electrons. The molecule has 1 aliphatic heterocycles. The van der Waals surface area contributed by atoms with E-state index in [0.717, 1.165) is 24.9 Å². The molecular weight excluding hydrogens is 286 g/mol. The maximum atomic E-state index is 12.7. The van der Waals surface area contributed by atoms with Gasteiger partial charge in [0.2, 0.25) is 0 Å². The van der Waals surface area contributed by atoms with Crippen molar-refractivity contribution < 1.29 is 9.90 Å². The van der Waals surface area contributed by atoms with Crippen LogP contribution < -0.4 is 5.32 Å². The molecule has 1 heterocycles. The Morgan fingerprint density at radius 3 is 2.61 bits per heavy atom. The van der Waals surface area contributed by atoms with Crippen molar-refractivity contribution in [2.75, 3.05) is 6.54 Å². The number of nitrogens with one attached hydrogen (secondary N) is 1. The summed E-state index contributed by atoms with van der Waals surface area (Å²) < 4.78 is 0. The molecular formula is C20H23NO2. The summed E-state index contributed by atoms with van der Waals surface area (Å²) >= 11 is 0. The Hall–Kier alpha value is -2.13. The Morgan fingerprint density at radius 1 is 1.17 bits per heavy atom. The van der Waals surface area contributed by atoms with E-state index in [1.807, 2.05) is 30.3 Å². The third kappa shape index (κ3) is 3.15. The van der Waals surface area contributed by atoms with Gasteiger partial charge in [-0.2, -0.15) is 0 Å². The molecule has 2 aromatic carbocycles. The van der Waals surface area contributed by atoms with Gasteiger partial charge < -0.3 is 10.4 Å². The van der Waals surface area contributed by atoms with Crippen molar-refractivity contribution >= 4 is 5.78 Å². The number of carbonyl (C=O) groups excluding carboxylic acids is 1. The lowest BCUT2D eigenvalue weighted by molar-refractivity contribution is 0.103. The van der Waals surface area contributed by atoms with Crippen molar-refractivity contribution in [2.24, 2.45) is 5.41 Å². The first-order chi connectivity index (χ1) is 11.0. The van der Waals surface area contributed by atoms with Gasteiger partial charge in [0.05, 0.1) is 5.56 Å². The molecule has 0 aromatic heterocycles. The molecule has 3 rings (SSSR count). The van der Waals surface area contributed by atoms with Crippen LogP contribution in [0.4, 0.5) is 0 Å². The van der Waals surface area contributed by atoms with E-state index in [0.29, 0.717) is 11.1 Å². The smallest absolute Gasteiger partial charge is 0.196 e. The number of hydrogen-bond acceptors (Lipinski definition) is 3. The molecule has 1 saturated heterocycles. The molecule has 1 fully saturated rings. The van der Waals surface area contributed by atoms with Crippen LogP contribution >= 0.6 is 0 Å². The van der Waals surface area contributed by atoms with Crippen molar-refractivity contribution in [1.82, 2.24) is 5.32 Å². The number of phenols is 1. The number of benzene rings is 2. The van der Waals surface area contributed by atoms with Crippen LogP contribution in [0.15, 0.2) is 48.5 Å². The molecule has 0 radical (unpaired) electrons. The van der Waals surface area contributed by atoms with Gasteiger partial charge in [0, 0.05) is 11.6 Å². The Balaban J connectivity index is 1.98. The first kappa shape index (κ1) is 15.8. The fourth-order valence-corrected chi connectivity index (χ4v) is 3.44. The van der Waals surface area contributed by atoms with E-state index in [1.165, 1.54) is 0 Å². The van der Waals surface area contributed by atoms with Crippen molar-refractivity contribution in [3.8, 4) is 5.75 Å². The maximum Gasteiger partial charge on any atom is 0.196 e. The highest BCUT2D eigenvalue weighted by Gasteiger charge is 2.33.